The predicted molar refractivity (Wildman–Crippen MR) is 67.0 cm³/mol. The summed E-state index contributed by atoms with van der Waals surface area (Å²) in [4.78, 5) is 11.9. The predicted octanol–water partition coefficient (Wildman–Crippen LogP) is 4.17. The Hall–Kier alpha value is -0.630. The average molecular weight is 269 g/mol. The number of halogens is 1. The van der Waals surface area contributed by atoms with E-state index in [-0.39, 0.29) is 11.8 Å². The molecule has 0 amide bonds. The summed E-state index contributed by atoms with van der Waals surface area (Å²) in [5, 5.41) is 0. The molecule has 1 rings (SSSR count). The van der Waals surface area contributed by atoms with Gasteiger partial charge in [-0.05, 0) is 24.1 Å². The molecule has 0 saturated heterocycles. The van der Waals surface area contributed by atoms with Crippen molar-refractivity contribution in [3.8, 4) is 0 Å². The Morgan fingerprint density at radius 3 is 2.20 bits per heavy atom. The van der Waals surface area contributed by atoms with E-state index < -0.39 is 0 Å². The van der Waals surface area contributed by atoms with Crippen molar-refractivity contribution in [3.05, 3.63) is 34.3 Å². The molecule has 0 aliphatic carbocycles. The molecule has 0 heterocycles. The molecule has 82 valence electrons. The third-order valence-electron chi connectivity index (χ3n) is 2.59. The molecule has 1 atom stereocenters. The first kappa shape index (κ1) is 12.4. The number of hydrogen-bond acceptors (Lipinski definition) is 1. The van der Waals surface area contributed by atoms with Gasteiger partial charge in [-0.15, -0.1) is 0 Å². The van der Waals surface area contributed by atoms with Gasteiger partial charge in [0.15, 0.2) is 0 Å². The van der Waals surface area contributed by atoms with Crippen LogP contribution in [0.3, 0.4) is 0 Å². The molecule has 0 saturated carbocycles. The summed E-state index contributed by atoms with van der Waals surface area (Å²) < 4.78 is 1.05. The van der Waals surface area contributed by atoms with E-state index in [1.54, 1.807) is 0 Å². The molecular weight excluding hydrogens is 252 g/mol. The van der Waals surface area contributed by atoms with Crippen molar-refractivity contribution < 1.29 is 4.79 Å². The minimum absolute atomic E-state index is 0.0538. The van der Waals surface area contributed by atoms with E-state index in [4.69, 9.17) is 0 Å². The van der Waals surface area contributed by atoms with Gasteiger partial charge in [-0.1, -0.05) is 48.8 Å². The highest BCUT2D eigenvalue weighted by Crippen LogP contribution is 2.25. The maximum Gasteiger partial charge on any atom is 0.142 e. The fraction of sp³-hybridized carbons (Fsp3) is 0.462. The van der Waals surface area contributed by atoms with E-state index >= 15 is 0 Å². The molecule has 2 heteroatoms. The zero-order valence-electron chi connectivity index (χ0n) is 9.46. The highest BCUT2D eigenvalue weighted by Gasteiger charge is 2.20. The quantitative estimate of drug-likeness (QED) is 0.801. The molecular formula is C13H17BrO. The van der Waals surface area contributed by atoms with Crippen molar-refractivity contribution in [1.82, 2.24) is 0 Å². The lowest BCUT2D eigenvalue weighted by molar-refractivity contribution is -0.123. The van der Waals surface area contributed by atoms with E-state index in [1.165, 1.54) is 0 Å². The number of rotatable bonds is 4. The molecule has 0 aromatic heterocycles. The van der Waals surface area contributed by atoms with Crippen molar-refractivity contribution >= 4 is 21.7 Å². The van der Waals surface area contributed by atoms with Crippen molar-refractivity contribution in [2.24, 2.45) is 5.92 Å². The summed E-state index contributed by atoms with van der Waals surface area (Å²) in [6.45, 7) is 5.99. The number of ketones is 1. The van der Waals surface area contributed by atoms with Crippen molar-refractivity contribution in [2.75, 3.05) is 0 Å². The second kappa shape index (κ2) is 5.45. The highest BCUT2D eigenvalue weighted by molar-refractivity contribution is 9.10. The lowest BCUT2D eigenvalue weighted by Crippen LogP contribution is -2.17. The summed E-state index contributed by atoms with van der Waals surface area (Å²) in [5.41, 5.74) is 1.12. The van der Waals surface area contributed by atoms with Crippen LogP contribution in [0.15, 0.2) is 28.7 Å². The van der Waals surface area contributed by atoms with E-state index in [1.807, 2.05) is 38.1 Å². The smallest absolute Gasteiger partial charge is 0.142 e. The van der Waals surface area contributed by atoms with Crippen LogP contribution in [-0.4, -0.2) is 5.78 Å². The highest BCUT2D eigenvalue weighted by atomic mass is 79.9. The Morgan fingerprint density at radius 1 is 1.27 bits per heavy atom. The van der Waals surface area contributed by atoms with Gasteiger partial charge in [-0.25, -0.2) is 0 Å². The molecule has 15 heavy (non-hydrogen) atoms. The van der Waals surface area contributed by atoms with Gasteiger partial charge in [-0.3, -0.25) is 4.79 Å². The summed E-state index contributed by atoms with van der Waals surface area (Å²) >= 11 is 3.40. The first-order valence-corrected chi connectivity index (χ1v) is 6.14. The zero-order valence-corrected chi connectivity index (χ0v) is 11.0. The molecule has 0 radical (unpaired) electrons. The fourth-order valence-corrected chi connectivity index (χ4v) is 1.96. The van der Waals surface area contributed by atoms with Gasteiger partial charge >= 0.3 is 0 Å². The number of carbonyl (C=O) groups excluding carboxylic acids is 1. The molecule has 0 aliphatic rings. The van der Waals surface area contributed by atoms with Crippen LogP contribution in [-0.2, 0) is 4.79 Å². The third-order valence-corrected chi connectivity index (χ3v) is 3.12. The van der Waals surface area contributed by atoms with Crippen molar-refractivity contribution in [3.63, 3.8) is 0 Å². The molecule has 1 aromatic rings. The first-order valence-electron chi connectivity index (χ1n) is 5.35. The topological polar surface area (TPSA) is 17.1 Å². The standard InChI is InChI=1S/C13H17BrO/c1-4-12(13(15)9(2)3)10-5-7-11(14)8-6-10/h5-9,12H,4H2,1-3H3. The Kier molecular flexibility index (Phi) is 4.52. The van der Waals surface area contributed by atoms with Crippen LogP contribution in [0.1, 0.15) is 38.7 Å². The SMILES string of the molecule is CCC(C(=O)C(C)C)c1ccc(Br)cc1. The van der Waals surface area contributed by atoms with Gasteiger partial charge in [0.25, 0.3) is 0 Å². The van der Waals surface area contributed by atoms with Gasteiger partial charge < -0.3 is 0 Å². The van der Waals surface area contributed by atoms with Gasteiger partial charge in [0.1, 0.15) is 5.78 Å². The van der Waals surface area contributed by atoms with Crippen LogP contribution in [0.4, 0.5) is 0 Å². The van der Waals surface area contributed by atoms with E-state index in [0.717, 1.165) is 16.5 Å². The average Bonchev–Trinajstić information content (AvgIpc) is 2.21. The molecule has 1 nitrogen and oxygen atoms in total. The summed E-state index contributed by atoms with van der Waals surface area (Å²) in [6.07, 6.45) is 0.874. The maximum absolute atomic E-state index is 11.9. The van der Waals surface area contributed by atoms with E-state index in [2.05, 4.69) is 22.9 Å². The van der Waals surface area contributed by atoms with Crippen LogP contribution in [0.5, 0.6) is 0 Å². The number of carbonyl (C=O) groups is 1. The number of benzene rings is 1. The Bertz CT molecular complexity index is 327. The Balaban J connectivity index is 2.92. The largest absolute Gasteiger partial charge is 0.299 e. The van der Waals surface area contributed by atoms with E-state index in [9.17, 15) is 4.79 Å². The summed E-state index contributed by atoms with van der Waals surface area (Å²) in [7, 11) is 0. The second-order valence-corrected chi connectivity index (χ2v) is 4.99. The first-order chi connectivity index (χ1) is 7.06. The molecule has 1 aromatic carbocycles. The van der Waals surface area contributed by atoms with Crippen LogP contribution in [0.2, 0.25) is 0 Å². The normalized spacial score (nSPS) is 12.9. The number of Topliss-reactive ketones (excluding diaryl/α,β-unsaturated/α-hetero) is 1. The van der Waals surface area contributed by atoms with Gasteiger partial charge in [-0.2, -0.15) is 0 Å². The fourth-order valence-electron chi connectivity index (χ4n) is 1.70. The number of hydrogen-bond donors (Lipinski definition) is 0. The summed E-state index contributed by atoms with van der Waals surface area (Å²) in [6, 6.07) is 8.04. The zero-order chi connectivity index (χ0) is 11.4. The lowest BCUT2D eigenvalue weighted by Gasteiger charge is -2.16. The van der Waals surface area contributed by atoms with Crippen molar-refractivity contribution in [2.45, 2.75) is 33.1 Å². The lowest BCUT2D eigenvalue weighted by atomic mass is 9.87. The Labute approximate surface area is 100 Å². The minimum Gasteiger partial charge on any atom is -0.299 e. The van der Waals surface area contributed by atoms with Gasteiger partial charge in [0.05, 0.1) is 0 Å². The van der Waals surface area contributed by atoms with Crippen molar-refractivity contribution in [1.29, 1.82) is 0 Å². The molecule has 0 spiro atoms. The molecule has 0 bridgehead atoms. The third kappa shape index (κ3) is 3.16. The molecule has 1 unspecified atom stereocenters. The molecule has 0 N–H and O–H groups in total. The Morgan fingerprint density at radius 2 is 1.80 bits per heavy atom. The maximum atomic E-state index is 11.9. The van der Waals surface area contributed by atoms with Gasteiger partial charge in [0.2, 0.25) is 0 Å². The monoisotopic (exact) mass is 268 g/mol. The van der Waals surface area contributed by atoms with Crippen LogP contribution >= 0.6 is 15.9 Å². The second-order valence-electron chi connectivity index (χ2n) is 4.07. The van der Waals surface area contributed by atoms with E-state index in [0.29, 0.717) is 5.78 Å². The van der Waals surface area contributed by atoms with Crippen LogP contribution in [0, 0.1) is 5.92 Å². The van der Waals surface area contributed by atoms with Crippen LogP contribution < -0.4 is 0 Å². The molecule has 0 aliphatic heterocycles. The molecule has 0 fully saturated rings. The van der Waals surface area contributed by atoms with Gasteiger partial charge in [0, 0.05) is 16.3 Å². The summed E-state index contributed by atoms with van der Waals surface area (Å²) in [5.74, 6) is 0.497. The minimum atomic E-state index is 0.0538. The van der Waals surface area contributed by atoms with Crippen LogP contribution in [0.25, 0.3) is 0 Å².